The largest absolute Gasteiger partial charge is 0.369 e. The molecule has 0 saturated heterocycles. The Balaban J connectivity index is 1.89. The van der Waals surface area contributed by atoms with Crippen molar-refractivity contribution in [2.24, 2.45) is 39.9 Å². The molecular formula is C12H17N5O. The van der Waals surface area contributed by atoms with Gasteiger partial charge in [-0.05, 0) is 36.2 Å². The average molecular weight is 247 g/mol. The maximum atomic E-state index is 11.4. The maximum absolute atomic E-state index is 11.4. The van der Waals surface area contributed by atoms with Crippen LogP contribution < -0.4 is 17.2 Å². The number of primary amides is 1. The van der Waals surface area contributed by atoms with Crippen LogP contribution in [-0.4, -0.2) is 23.1 Å². The SMILES string of the molecule is NC(=O)N1C(N)=NC=C(C2CC3C=CC2C3)C1N. The van der Waals surface area contributed by atoms with Crippen molar-refractivity contribution in [3.63, 3.8) is 0 Å². The number of rotatable bonds is 1. The van der Waals surface area contributed by atoms with E-state index in [0.29, 0.717) is 17.8 Å². The van der Waals surface area contributed by atoms with Crippen molar-refractivity contribution in [3.05, 3.63) is 23.9 Å². The molecule has 3 aliphatic rings. The lowest BCUT2D eigenvalue weighted by Crippen LogP contribution is -2.57. The second kappa shape index (κ2) is 3.84. The molecule has 0 spiro atoms. The van der Waals surface area contributed by atoms with Crippen LogP contribution in [0.1, 0.15) is 12.8 Å². The molecule has 96 valence electrons. The smallest absolute Gasteiger partial charge is 0.323 e. The summed E-state index contributed by atoms with van der Waals surface area (Å²) in [6.45, 7) is 0. The Labute approximate surface area is 105 Å². The predicted octanol–water partition coefficient (Wildman–Crippen LogP) is 0.0763. The number of amides is 2. The molecule has 1 fully saturated rings. The first-order valence-corrected chi connectivity index (χ1v) is 6.13. The van der Waals surface area contributed by atoms with Crippen LogP contribution in [0.4, 0.5) is 4.79 Å². The zero-order chi connectivity index (χ0) is 12.9. The summed E-state index contributed by atoms with van der Waals surface area (Å²) in [5.74, 6) is 1.57. The monoisotopic (exact) mass is 247 g/mol. The van der Waals surface area contributed by atoms with E-state index in [9.17, 15) is 4.79 Å². The molecule has 0 aromatic rings. The van der Waals surface area contributed by atoms with Gasteiger partial charge in [0.15, 0.2) is 0 Å². The molecule has 6 nitrogen and oxygen atoms in total. The fraction of sp³-hybridized carbons (Fsp3) is 0.500. The van der Waals surface area contributed by atoms with Crippen LogP contribution in [0.25, 0.3) is 0 Å². The lowest BCUT2D eigenvalue weighted by molar-refractivity contribution is 0.218. The molecule has 2 bridgehead atoms. The van der Waals surface area contributed by atoms with Crippen molar-refractivity contribution in [1.29, 1.82) is 0 Å². The molecule has 4 unspecified atom stereocenters. The number of aliphatic imine (C=N–C) groups is 1. The van der Waals surface area contributed by atoms with Gasteiger partial charge < -0.3 is 17.2 Å². The van der Waals surface area contributed by atoms with Crippen molar-refractivity contribution in [2.75, 3.05) is 0 Å². The van der Waals surface area contributed by atoms with Crippen molar-refractivity contribution < 1.29 is 4.79 Å². The van der Waals surface area contributed by atoms with Gasteiger partial charge in [-0.1, -0.05) is 12.2 Å². The molecule has 6 N–H and O–H groups in total. The quantitative estimate of drug-likeness (QED) is 0.570. The first-order valence-electron chi connectivity index (χ1n) is 6.13. The van der Waals surface area contributed by atoms with Gasteiger partial charge in [-0.3, -0.25) is 0 Å². The summed E-state index contributed by atoms with van der Waals surface area (Å²) in [7, 11) is 0. The van der Waals surface area contributed by atoms with Crippen LogP contribution in [0, 0.1) is 17.8 Å². The van der Waals surface area contributed by atoms with E-state index in [2.05, 4.69) is 17.1 Å². The Morgan fingerprint density at radius 3 is 2.72 bits per heavy atom. The van der Waals surface area contributed by atoms with Crippen molar-refractivity contribution in [2.45, 2.75) is 19.0 Å². The molecule has 4 atom stereocenters. The molecule has 3 rings (SSSR count). The van der Waals surface area contributed by atoms with Gasteiger partial charge in [0.2, 0.25) is 5.96 Å². The number of nitrogens with zero attached hydrogens (tertiary/aromatic N) is 2. The lowest BCUT2D eigenvalue weighted by Gasteiger charge is -2.34. The highest BCUT2D eigenvalue weighted by Crippen LogP contribution is 2.47. The Morgan fingerprint density at radius 2 is 2.17 bits per heavy atom. The third kappa shape index (κ3) is 1.53. The van der Waals surface area contributed by atoms with Gasteiger partial charge >= 0.3 is 6.03 Å². The zero-order valence-corrected chi connectivity index (χ0v) is 9.99. The summed E-state index contributed by atoms with van der Waals surface area (Å²) in [6, 6.07) is -0.659. The molecule has 2 amide bonds. The fourth-order valence-corrected chi connectivity index (χ4v) is 3.30. The summed E-state index contributed by atoms with van der Waals surface area (Å²) >= 11 is 0. The van der Waals surface area contributed by atoms with Crippen molar-refractivity contribution in [3.8, 4) is 0 Å². The molecule has 0 aromatic carbocycles. The molecule has 2 aliphatic carbocycles. The zero-order valence-electron chi connectivity index (χ0n) is 9.99. The maximum Gasteiger partial charge on any atom is 0.323 e. The second-order valence-electron chi connectivity index (χ2n) is 5.16. The number of hydrogen-bond donors (Lipinski definition) is 3. The molecule has 1 heterocycles. The molecule has 0 radical (unpaired) electrons. The number of guanidine groups is 1. The van der Waals surface area contributed by atoms with Crippen LogP contribution >= 0.6 is 0 Å². The predicted molar refractivity (Wildman–Crippen MR) is 67.9 cm³/mol. The van der Waals surface area contributed by atoms with E-state index in [1.54, 1.807) is 6.20 Å². The van der Waals surface area contributed by atoms with Crippen LogP contribution in [0.2, 0.25) is 0 Å². The summed E-state index contributed by atoms with van der Waals surface area (Å²) in [5.41, 5.74) is 18.0. The number of fused-ring (bicyclic) bond motifs is 2. The van der Waals surface area contributed by atoms with Gasteiger partial charge in [0.05, 0.1) is 0 Å². The van der Waals surface area contributed by atoms with E-state index in [0.717, 1.165) is 16.9 Å². The van der Waals surface area contributed by atoms with Gasteiger partial charge in [-0.2, -0.15) is 0 Å². The number of allylic oxidation sites excluding steroid dienone is 2. The third-order valence-corrected chi connectivity index (χ3v) is 4.16. The minimum atomic E-state index is -0.659. The van der Waals surface area contributed by atoms with Gasteiger partial charge in [-0.15, -0.1) is 0 Å². The van der Waals surface area contributed by atoms with Gasteiger partial charge in [-0.25, -0.2) is 14.7 Å². The van der Waals surface area contributed by atoms with Crippen molar-refractivity contribution >= 4 is 12.0 Å². The number of nitrogens with two attached hydrogens (primary N) is 3. The van der Waals surface area contributed by atoms with E-state index in [1.807, 2.05) is 0 Å². The molecular weight excluding hydrogens is 230 g/mol. The Bertz CT molecular complexity index is 481. The molecule has 6 heteroatoms. The summed E-state index contributed by atoms with van der Waals surface area (Å²) < 4.78 is 0. The van der Waals surface area contributed by atoms with E-state index < -0.39 is 12.2 Å². The van der Waals surface area contributed by atoms with E-state index in [4.69, 9.17) is 17.2 Å². The lowest BCUT2D eigenvalue weighted by atomic mass is 9.85. The first-order chi connectivity index (χ1) is 8.58. The summed E-state index contributed by atoms with van der Waals surface area (Å²) in [6.07, 6.45) is 7.87. The molecule has 0 aromatic heterocycles. The van der Waals surface area contributed by atoms with Gasteiger partial charge in [0, 0.05) is 6.20 Å². The molecule has 1 aliphatic heterocycles. The number of carbonyl (C=O) groups is 1. The van der Waals surface area contributed by atoms with E-state index in [1.165, 1.54) is 6.42 Å². The highest BCUT2D eigenvalue weighted by molar-refractivity contribution is 5.96. The van der Waals surface area contributed by atoms with E-state index >= 15 is 0 Å². The first kappa shape index (κ1) is 11.3. The number of urea groups is 1. The third-order valence-electron chi connectivity index (χ3n) is 4.16. The normalized spacial score (nSPS) is 37.7. The summed E-state index contributed by atoms with van der Waals surface area (Å²) in [4.78, 5) is 16.6. The highest BCUT2D eigenvalue weighted by Gasteiger charge is 2.41. The van der Waals surface area contributed by atoms with Crippen LogP contribution in [0.15, 0.2) is 28.9 Å². The van der Waals surface area contributed by atoms with Gasteiger partial charge in [0.1, 0.15) is 6.17 Å². The van der Waals surface area contributed by atoms with Gasteiger partial charge in [0.25, 0.3) is 0 Å². The van der Waals surface area contributed by atoms with Crippen molar-refractivity contribution in [1.82, 2.24) is 4.90 Å². The minimum Gasteiger partial charge on any atom is -0.369 e. The Kier molecular flexibility index (Phi) is 2.41. The highest BCUT2D eigenvalue weighted by atomic mass is 16.2. The van der Waals surface area contributed by atoms with Crippen LogP contribution in [0.3, 0.4) is 0 Å². The Morgan fingerprint density at radius 1 is 1.39 bits per heavy atom. The number of carbonyl (C=O) groups excluding carboxylic acids is 1. The summed E-state index contributed by atoms with van der Waals surface area (Å²) in [5, 5.41) is 0. The van der Waals surface area contributed by atoms with Crippen LogP contribution in [-0.2, 0) is 0 Å². The molecule has 1 saturated carbocycles. The second-order valence-corrected chi connectivity index (χ2v) is 5.16. The topological polar surface area (TPSA) is 111 Å². The van der Waals surface area contributed by atoms with Crippen LogP contribution in [0.5, 0.6) is 0 Å². The number of hydrogen-bond acceptors (Lipinski definition) is 4. The Hall–Kier alpha value is -1.82. The fourth-order valence-electron chi connectivity index (χ4n) is 3.30. The average Bonchev–Trinajstić information content (AvgIpc) is 2.90. The minimum absolute atomic E-state index is 0.0671. The standard InChI is InChI=1S/C12H17N5O/c13-10-9(5-16-11(14)17(10)12(15)18)8-4-6-1-2-7(8)3-6/h1-2,5-8,10H,3-4,13H2,(H2,14,16)(H2,15,18). The van der Waals surface area contributed by atoms with E-state index in [-0.39, 0.29) is 5.96 Å². The molecule has 18 heavy (non-hydrogen) atoms.